The summed E-state index contributed by atoms with van der Waals surface area (Å²) in [7, 11) is 0. The van der Waals surface area contributed by atoms with Crippen LogP contribution in [0.1, 0.15) is 11.1 Å². The Morgan fingerprint density at radius 2 is 1.52 bits per heavy atom. The number of hydrogen-bond donors (Lipinski definition) is 2. The van der Waals surface area contributed by atoms with Crippen molar-refractivity contribution in [2.45, 2.75) is 13.3 Å². The molecule has 0 amide bonds. The van der Waals surface area contributed by atoms with E-state index in [4.69, 9.17) is 4.98 Å². The van der Waals surface area contributed by atoms with Crippen LogP contribution >= 0.6 is 0 Å². The third-order valence-electron chi connectivity index (χ3n) is 4.54. The Hall–Kier alpha value is -3.40. The summed E-state index contributed by atoms with van der Waals surface area (Å²) in [5.41, 5.74) is 4.45. The number of aryl methyl sites for hydroxylation is 1. The van der Waals surface area contributed by atoms with Gasteiger partial charge in [0.15, 0.2) is 0 Å². The molecule has 0 bridgehead atoms. The van der Waals surface area contributed by atoms with Gasteiger partial charge in [-0.3, -0.25) is 0 Å². The highest BCUT2D eigenvalue weighted by atomic mass is 15.1. The van der Waals surface area contributed by atoms with E-state index >= 15 is 0 Å². The van der Waals surface area contributed by atoms with Crippen molar-refractivity contribution in [3.63, 3.8) is 0 Å². The van der Waals surface area contributed by atoms with E-state index in [0.29, 0.717) is 5.95 Å². The van der Waals surface area contributed by atoms with Gasteiger partial charge in [-0.25, -0.2) is 4.98 Å². The van der Waals surface area contributed by atoms with Gasteiger partial charge in [0.25, 0.3) is 0 Å². The van der Waals surface area contributed by atoms with Crippen LogP contribution in [-0.2, 0) is 6.42 Å². The molecule has 27 heavy (non-hydrogen) atoms. The van der Waals surface area contributed by atoms with E-state index in [1.54, 1.807) is 0 Å². The maximum atomic E-state index is 4.74. The van der Waals surface area contributed by atoms with Crippen LogP contribution in [0.5, 0.6) is 0 Å². The van der Waals surface area contributed by atoms with Crippen LogP contribution in [0.25, 0.3) is 10.9 Å². The molecule has 0 spiro atoms. The molecule has 4 rings (SSSR count). The molecule has 4 aromatic rings. The summed E-state index contributed by atoms with van der Waals surface area (Å²) < 4.78 is 0. The van der Waals surface area contributed by atoms with Gasteiger partial charge >= 0.3 is 0 Å². The second-order valence-corrected chi connectivity index (χ2v) is 6.52. The van der Waals surface area contributed by atoms with Crippen LogP contribution in [0.2, 0.25) is 0 Å². The molecule has 0 fully saturated rings. The normalized spacial score (nSPS) is 10.7. The Balaban J connectivity index is 1.59. The standard InChI is InChI=1S/C23H22N4/c1-17-9-5-7-13-20(17)25-22-19-12-6-8-14-21(19)26-23(27-22)24-16-15-18-10-3-2-4-11-18/h2-14H,15-16H2,1H3,(H2,24,25,26,27). The number of anilines is 3. The average molecular weight is 354 g/mol. The molecule has 0 radical (unpaired) electrons. The first kappa shape index (κ1) is 17.0. The molecule has 0 aliphatic heterocycles. The molecular formula is C23H22N4. The van der Waals surface area contributed by atoms with E-state index in [2.05, 4.69) is 58.9 Å². The summed E-state index contributed by atoms with van der Waals surface area (Å²) in [5, 5.41) is 7.85. The number of nitrogens with one attached hydrogen (secondary N) is 2. The van der Waals surface area contributed by atoms with Crippen molar-refractivity contribution in [3.8, 4) is 0 Å². The number of hydrogen-bond acceptors (Lipinski definition) is 4. The Bertz CT molecular complexity index is 1040. The minimum absolute atomic E-state index is 0.640. The van der Waals surface area contributed by atoms with Gasteiger partial charge in [-0.15, -0.1) is 0 Å². The van der Waals surface area contributed by atoms with Gasteiger partial charge in [-0.1, -0.05) is 60.7 Å². The highest BCUT2D eigenvalue weighted by Crippen LogP contribution is 2.26. The molecule has 1 aromatic heterocycles. The van der Waals surface area contributed by atoms with Gasteiger partial charge in [0, 0.05) is 17.6 Å². The number of aromatic nitrogens is 2. The molecule has 4 nitrogen and oxygen atoms in total. The van der Waals surface area contributed by atoms with Crippen LogP contribution in [-0.4, -0.2) is 16.5 Å². The van der Waals surface area contributed by atoms with Crippen LogP contribution in [0.3, 0.4) is 0 Å². The van der Waals surface area contributed by atoms with Gasteiger partial charge in [0.05, 0.1) is 5.52 Å². The van der Waals surface area contributed by atoms with E-state index in [1.807, 2.05) is 42.5 Å². The molecule has 0 aliphatic carbocycles. The first-order valence-electron chi connectivity index (χ1n) is 9.17. The SMILES string of the molecule is Cc1ccccc1Nc1nc(NCCc2ccccc2)nc2ccccc12. The van der Waals surface area contributed by atoms with Crippen LogP contribution in [0.4, 0.5) is 17.5 Å². The van der Waals surface area contributed by atoms with Crippen molar-refractivity contribution >= 4 is 28.4 Å². The number of benzene rings is 3. The summed E-state index contributed by atoms with van der Waals surface area (Å²) >= 11 is 0. The molecule has 0 atom stereocenters. The maximum Gasteiger partial charge on any atom is 0.225 e. The lowest BCUT2D eigenvalue weighted by molar-refractivity contribution is 0.991. The highest BCUT2D eigenvalue weighted by Gasteiger charge is 2.08. The fraction of sp³-hybridized carbons (Fsp3) is 0.130. The summed E-state index contributed by atoms with van der Waals surface area (Å²) in [6.07, 6.45) is 0.928. The summed E-state index contributed by atoms with van der Waals surface area (Å²) in [6.45, 7) is 2.87. The monoisotopic (exact) mass is 354 g/mol. The summed E-state index contributed by atoms with van der Waals surface area (Å²) in [4.78, 5) is 9.40. The molecule has 4 heteroatoms. The molecule has 0 saturated carbocycles. The van der Waals surface area contributed by atoms with Gasteiger partial charge in [0.2, 0.25) is 5.95 Å². The number of rotatable bonds is 6. The van der Waals surface area contributed by atoms with Crippen molar-refractivity contribution in [2.24, 2.45) is 0 Å². The lowest BCUT2D eigenvalue weighted by atomic mass is 10.1. The second-order valence-electron chi connectivity index (χ2n) is 6.52. The fourth-order valence-corrected chi connectivity index (χ4v) is 3.05. The van der Waals surface area contributed by atoms with E-state index in [9.17, 15) is 0 Å². The van der Waals surface area contributed by atoms with Crippen molar-refractivity contribution in [2.75, 3.05) is 17.2 Å². The fourth-order valence-electron chi connectivity index (χ4n) is 3.05. The summed E-state index contributed by atoms with van der Waals surface area (Å²) in [6, 6.07) is 26.7. The highest BCUT2D eigenvalue weighted by molar-refractivity contribution is 5.91. The topological polar surface area (TPSA) is 49.8 Å². The van der Waals surface area contributed by atoms with E-state index in [0.717, 1.165) is 35.4 Å². The molecule has 0 saturated heterocycles. The van der Waals surface area contributed by atoms with E-state index < -0.39 is 0 Å². The van der Waals surface area contributed by atoms with Crippen molar-refractivity contribution in [1.29, 1.82) is 0 Å². The minimum atomic E-state index is 0.640. The van der Waals surface area contributed by atoms with E-state index in [-0.39, 0.29) is 0 Å². The third-order valence-corrected chi connectivity index (χ3v) is 4.54. The Kier molecular flexibility index (Phi) is 4.97. The van der Waals surface area contributed by atoms with Crippen molar-refractivity contribution in [3.05, 3.63) is 90.0 Å². The van der Waals surface area contributed by atoms with Crippen molar-refractivity contribution < 1.29 is 0 Å². The zero-order valence-corrected chi connectivity index (χ0v) is 15.3. The maximum absolute atomic E-state index is 4.74. The first-order chi connectivity index (χ1) is 13.3. The molecule has 134 valence electrons. The van der Waals surface area contributed by atoms with Crippen LogP contribution < -0.4 is 10.6 Å². The van der Waals surface area contributed by atoms with Gasteiger partial charge < -0.3 is 10.6 Å². The van der Waals surface area contributed by atoms with Gasteiger partial charge in [0.1, 0.15) is 5.82 Å². The second kappa shape index (κ2) is 7.87. The van der Waals surface area contributed by atoms with Crippen molar-refractivity contribution in [1.82, 2.24) is 9.97 Å². The largest absolute Gasteiger partial charge is 0.354 e. The lowest BCUT2D eigenvalue weighted by Crippen LogP contribution is -2.09. The van der Waals surface area contributed by atoms with Gasteiger partial charge in [-0.05, 0) is 42.7 Å². The Morgan fingerprint density at radius 1 is 0.778 bits per heavy atom. The Labute approximate surface area is 159 Å². The van der Waals surface area contributed by atoms with Crippen LogP contribution in [0.15, 0.2) is 78.9 Å². The quantitative estimate of drug-likeness (QED) is 0.491. The first-order valence-corrected chi connectivity index (χ1v) is 9.17. The predicted octanol–water partition coefficient (Wildman–Crippen LogP) is 5.34. The van der Waals surface area contributed by atoms with Gasteiger partial charge in [-0.2, -0.15) is 4.98 Å². The zero-order valence-electron chi connectivity index (χ0n) is 15.3. The minimum Gasteiger partial charge on any atom is -0.354 e. The average Bonchev–Trinajstić information content (AvgIpc) is 2.70. The zero-order chi connectivity index (χ0) is 18.5. The molecule has 0 aliphatic rings. The molecule has 1 heterocycles. The summed E-state index contributed by atoms with van der Waals surface area (Å²) in [5.74, 6) is 1.46. The smallest absolute Gasteiger partial charge is 0.225 e. The molecule has 3 aromatic carbocycles. The molecule has 2 N–H and O–H groups in total. The van der Waals surface area contributed by atoms with Crippen LogP contribution in [0, 0.1) is 6.92 Å². The molecular weight excluding hydrogens is 332 g/mol. The lowest BCUT2D eigenvalue weighted by Gasteiger charge is -2.13. The van der Waals surface area contributed by atoms with E-state index in [1.165, 1.54) is 11.1 Å². The molecule has 0 unspecified atom stereocenters. The Morgan fingerprint density at radius 3 is 2.37 bits per heavy atom. The number of para-hydroxylation sites is 2. The number of nitrogens with zero attached hydrogens (tertiary/aromatic N) is 2. The predicted molar refractivity (Wildman–Crippen MR) is 113 cm³/mol. The third kappa shape index (κ3) is 4.06. The number of fused-ring (bicyclic) bond motifs is 1.